The summed E-state index contributed by atoms with van der Waals surface area (Å²) in [7, 11) is 0. The molecule has 1 aromatic carbocycles. The molecule has 2 saturated heterocycles. The van der Waals surface area contributed by atoms with Crippen LogP contribution in [0.3, 0.4) is 0 Å². The molecule has 2 aromatic rings. The first kappa shape index (κ1) is 20.1. The number of hydrogen-bond acceptors (Lipinski definition) is 4. The first-order valence-electron chi connectivity index (χ1n) is 10.6. The number of ether oxygens (including phenoxy) is 1. The van der Waals surface area contributed by atoms with Crippen LogP contribution in [-0.2, 0) is 11.3 Å². The molecular weight excluding hydrogens is 371 g/mol. The number of benzene rings is 1. The van der Waals surface area contributed by atoms with E-state index in [0.29, 0.717) is 31.3 Å². The topological polar surface area (TPSA) is 45.9 Å². The summed E-state index contributed by atoms with van der Waals surface area (Å²) in [5, 5.41) is 0. The highest BCUT2D eigenvalue weighted by molar-refractivity contribution is 5.91. The number of nitrogens with zero attached hydrogens (tertiary/aromatic N) is 2. The van der Waals surface area contributed by atoms with Gasteiger partial charge in [-0.2, -0.15) is 0 Å². The predicted molar refractivity (Wildman–Crippen MR) is 108 cm³/mol. The zero-order valence-electron chi connectivity index (χ0n) is 16.8. The van der Waals surface area contributed by atoms with Crippen molar-refractivity contribution in [3.8, 4) is 0 Å². The Morgan fingerprint density at radius 2 is 1.93 bits per heavy atom. The highest BCUT2D eigenvalue weighted by Gasteiger charge is 2.29. The largest absolute Gasteiger partial charge is 0.459 e. The van der Waals surface area contributed by atoms with Gasteiger partial charge in [0.25, 0.3) is 5.91 Å². The Hall–Kier alpha value is -2.18. The first-order valence-corrected chi connectivity index (χ1v) is 10.6. The second kappa shape index (κ2) is 9.55. The number of hydrogen-bond donors (Lipinski definition) is 0. The Morgan fingerprint density at radius 3 is 2.62 bits per heavy atom. The first-order chi connectivity index (χ1) is 14.2. The average Bonchev–Trinajstić information content (AvgIpc) is 3.44. The Morgan fingerprint density at radius 1 is 1.10 bits per heavy atom. The highest BCUT2D eigenvalue weighted by Crippen LogP contribution is 2.23. The molecular formula is C23H29FN2O3. The maximum absolute atomic E-state index is 13.9. The van der Waals surface area contributed by atoms with Crippen molar-refractivity contribution in [1.29, 1.82) is 0 Å². The SMILES string of the molecule is O=C(c1ccco1)N(CC1CCN(Cc2ccccc2F)CC1)C[C@H]1CCCO1. The van der Waals surface area contributed by atoms with E-state index in [9.17, 15) is 9.18 Å². The summed E-state index contributed by atoms with van der Waals surface area (Å²) in [4.78, 5) is 17.1. The molecule has 5 nitrogen and oxygen atoms in total. The van der Waals surface area contributed by atoms with Crippen molar-refractivity contribution in [2.24, 2.45) is 5.92 Å². The lowest BCUT2D eigenvalue weighted by Crippen LogP contribution is -2.43. The quantitative estimate of drug-likeness (QED) is 0.706. The van der Waals surface area contributed by atoms with Crippen molar-refractivity contribution in [2.45, 2.75) is 38.3 Å². The third-order valence-corrected chi connectivity index (χ3v) is 6.00. The standard InChI is InChI=1S/C23H29FN2O3/c24-21-7-2-1-5-19(21)16-25-11-9-18(10-12-25)15-26(17-20-6-3-13-28-20)23(27)22-8-4-14-29-22/h1-2,4-5,7-8,14,18,20H,3,6,9-13,15-17H2/t20-/m1/s1. The van der Waals surface area contributed by atoms with E-state index in [2.05, 4.69) is 4.90 Å². The Bertz CT molecular complexity index is 781. The van der Waals surface area contributed by atoms with E-state index in [0.717, 1.165) is 50.9 Å². The summed E-state index contributed by atoms with van der Waals surface area (Å²) in [5.41, 5.74) is 0.749. The van der Waals surface area contributed by atoms with Gasteiger partial charge >= 0.3 is 0 Å². The molecule has 1 amide bonds. The second-order valence-corrected chi connectivity index (χ2v) is 8.13. The number of rotatable bonds is 7. The summed E-state index contributed by atoms with van der Waals surface area (Å²) in [6.07, 6.45) is 5.72. The van der Waals surface area contributed by atoms with Crippen LogP contribution in [0.2, 0.25) is 0 Å². The van der Waals surface area contributed by atoms with Gasteiger partial charge in [-0.15, -0.1) is 0 Å². The Balaban J connectivity index is 1.33. The zero-order chi connectivity index (χ0) is 20.1. The fraction of sp³-hybridized carbons (Fsp3) is 0.522. The molecule has 156 valence electrons. The lowest BCUT2D eigenvalue weighted by Gasteiger charge is -2.35. The predicted octanol–water partition coefficient (Wildman–Crippen LogP) is 3.95. The van der Waals surface area contributed by atoms with Gasteiger partial charge in [0.2, 0.25) is 0 Å². The van der Waals surface area contributed by atoms with Crippen molar-refractivity contribution < 1.29 is 18.3 Å². The van der Waals surface area contributed by atoms with Crippen LogP contribution >= 0.6 is 0 Å². The zero-order valence-corrected chi connectivity index (χ0v) is 16.8. The van der Waals surface area contributed by atoms with Gasteiger partial charge < -0.3 is 14.1 Å². The minimum Gasteiger partial charge on any atom is -0.459 e. The average molecular weight is 400 g/mol. The summed E-state index contributed by atoms with van der Waals surface area (Å²) in [5.74, 6) is 0.632. The minimum atomic E-state index is -0.138. The maximum atomic E-state index is 13.9. The number of furan rings is 1. The van der Waals surface area contributed by atoms with Crippen molar-refractivity contribution in [3.63, 3.8) is 0 Å². The molecule has 29 heavy (non-hydrogen) atoms. The van der Waals surface area contributed by atoms with E-state index >= 15 is 0 Å². The molecule has 0 aliphatic carbocycles. The van der Waals surface area contributed by atoms with E-state index < -0.39 is 0 Å². The van der Waals surface area contributed by atoms with Crippen molar-refractivity contribution in [1.82, 2.24) is 9.80 Å². The highest BCUT2D eigenvalue weighted by atomic mass is 19.1. The molecule has 0 spiro atoms. The van der Waals surface area contributed by atoms with Gasteiger partial charge in [-0.05, 0) is 62.9 Å². The van der Waals surface area contributed by atoms with Crippen LogP contribution in [0.4, 0.5) is 4.39 Å². The summed E-state index contributed by atoms with van der Waals surface area (Å²) in [6, 6.07) is 10.5. The van der Waals surface area contributed by atoms with E-state index in [1.54, 1.807) is 24.5 Å². The monoisotopic (exact) mass is 400 g/mol. The maximum Gasteiger partial charge on any atom is 0.289 e. The van der Waals surface area contributed by atoms with Crippen molar-refractivity contribution >= 4 is 5.91 Å². The van der Waals surface area contributed by atoms with Gasteiger partial charge in [-0.25, -0.2) is 4.39 Å². The number of piperidine rings is 1. The molecule has 0 unspecified atom stereocenters. The van der Waals surface area contributed by atoms with Crippen LogP contribution in [0, 0.1) is 11.7 Å². The number of halogens is 1. The van der Waals surface area contributed by atoms with Crippen LogP contribution in [0.15, 0.2) is 47.1 Å². The number of amides is 1. The molecule has 4 rings (SSSR count). The molecule has 6 heteroatoms. The molecule has 3 heterocycles. The minimum absolute atomic E-state index is 0.0562. The molecule has 0 saturated carbocycles. The Kier molecular flexibility index (Phi) is 6.62. The molecule has 2 aliphatic rings. The second-order valence-electron chi connectivity index (χ2n) is 8.13. The van der Waals surface area contributed by atoms with Gasteiger partial charge in [0.05, 0.1) is 12.4 Å². The molecule has 0 radical (unpaired) electrons. The van der Waals surface area contributed by atoms with Gasteiger partial charge in [-0.1, -0.05) is 18.2 Å². The molecule has 0 N–H and O–H groups in total. The number of carbonyl (C=O) groups excluding carboxylic acids is 1. The molecule has 1 aromatic heterocycles. The fourth-order valence-electron chi connectivity index (χ4n) is 4.34. The summed E-state index contributed by atoms with van der Waals surface area (Å²) in [6.45, 7) is 4.59. The molecule has 2 fully saturated rings. The normalized spacial score (nSPS) is 20.8. The smallest absolute Gasteiger partial charge is 0.289 e. The summed E-state index contributed by atoms with van der Waals surface area (Å²) < 4.78 is 25.0. The van der Waals surface area contributed by atoms with E-state index in [1.807, 2.05) is 17.0 Å². The van der Waals surface area contributed by atoms with Crippen LogP contribution in [0.25, 0.3) is 0 Å². The van der Waals surface area contributed by atoms with Crippen LogP contribution < -0.4 is 0 Å². The molecule has 1 atom stereocenters. The van der Waals surface area contributed by atoms with Gasteiger partial charge in [0, 0.05) is 31.8 Å². The van der Waals surface area contributed by atoms with Crippen LogP contribution in [0.5, 0.6) is 0 Å². The lowest BCUT2D eigenvalue weighted by atomic mass is 9.95. The number of carbonyl (C=O) groups is 1. The lowest BCUT2D eigenvalue weighted by molar-refractivity contribution is 0.0422. The molecule has 0 bridgehead atoms. The fourth-order valence-corrected chi connectivity index (χ4v) is 4.34. The van der Waals surface area contributed by atoms with Gasteiger partial charge in [0.15, 0.2) is 5.76 Å². The molecule has 2 aliphatic heterocycles. The van der Waals surface area contributed by atoms with E-state index in [-0.39, 0.29) is 17.8 Å². The number of likely N-dealkylation sites (tertiary alicyclic amines) is 1. The third kappa shape index (κ3) is 5.25. The van der Waals surface area contributed by atoms with E-state index in [4.69, 9.17) is 9.15 Å². The third-order valence-electron chi connectivity index (χ3n) is 6.00. The van der Waals surface area contributed by atoms with Crippen molar-refractivity contribution in [2.75, 3.05) is 32.8 Å². The summed E-state index contributed by atoms with van der Waals surface area (Å²) >= 11 is 0. The Labute approximate surface area is 171 Å². The van der Waals surface area contributed by atoms with Crippen LogP contribution in [0.1, 0.15) is 41.8 Å². The van der Waals surface area contributed by atoms with Crippen LogP contribution in [-0.4, -0.2) is 54.6 Å². The van der Waals surface area contributed by atoms with Gasteiger partial charge in [-0.3, -0.25) is 9.69 Å². The van der Waals surface area contributed by atoms with E-state index in [1.165, 1.54) is 6.07 Å². The van der Waals surface area contributed by atoms with Gasteiger partial charge in [0.1, 0.15) is 5.82 Å². The van der Waals surface area contributed by atoms with Crippen molar-refractivity contribution in [3.05, 3.63) is 59.8 Å².